The SMILES string of the molecule is CCC(=O)O[C@H]1[C@@H]([C@@H](C)C(=O)O)C(O)OC[C@H]1OC(=O)CC. The molecule has 8 heteroatoms. The summed E-state index contributed by atoms with van der Waals surface area (Å²) in [5.74, 6) is -4.35. The van der Waals surface area contributed by atoms with Crippen LogP contribution in [0.3, 0.4) is 0 Å². The van der Waals surface area contributed by atoms with Crippen LogP contribution >= 0.6 is 0 Å². The van der Waals surface area contributed by atoms with Gasteiger partial charge in [0, 0.05) is 12.8 Å². The van der Waals surface area contributed by atoms with Crippen LogP contribution in [0.15, 0.2) is 0 Å². The molecule has 0 aromatic rings. The molecular formula is C14H22O8. The van der Waals surface area contributed by atoms with E-state index in [-0.39, 0.29) is 19.4 Å². The smallest absolute Gasteiger partial charge is 0.306 e. The lowest BCUT2D eigenvalue weighted by Gasteiger charge is -2.41. The van der Waals surface area contributed by atoms with Crippen molar-refractivity contribution in [2.75, 3.05) is 6.61 Å². The van der Waals surface area contributed by atoms with Crippen molar-refractivity contribution in [2.45, 2.75) is 52.1 Å². The van der Waals surface area contributed by atoms with Gasteiger partial charge in [-0.1, -0.05) is 20.8 Å². The number of esters is 2. The summed E-state index contributed by atoms with van der Waals surface area (Å²) in [6.45, 7) is 4.39. The molecule has 1 aliphatic heterocycles. The molecule has 1 saturated heterocycles. The fraction of sp³-hybridized carbons (Fsp3) is 0.786. The highest BCUT2D eigenvalue weighted by molar-refractivity contribution is 5.72. The first kappa shape index (κ1) is 18.4. The van der Waals surface area contributed by atoms with Crippen molar-refractivity contribution in [1.29, 1.82) is 0 Å². The predicted molar refractivity (Wildman–Crippen MR) is 72.6 cm³/mol. The fourth-order valence-corrected chi connectivity index (χ4v) is 2.25. The molecule has 5 atom stereocenters. The number of hydrogen-bond acceptors (Lipinski definition) is 7. The minimum atomic E-state index is -1.42. The van der Waals surface area contributed by atoms with Crippen LogP contribution in [0.1, 0.15) is 33.6 Å². The lowest BCUT2D eigenvalue weighted by Crippen LogP contribution is -2.55. The van der Waals surface area contributed by atoms with Gasteiger partial charge >= 0.3 is 17.9 Å². The largest absolute Gasteiger partial charge is 0.481 e. The van der Waals surface area contributed by atoms with Gasteiger partial charge in [0.15, 0.2) is 12.4 Å². The maximum absolute atomic E-state index is 11.6. The lowest BCUT2D eigenvalue weighted by molar-refractivity contribution is -0.254. The number of carbonyl (C=O) groups is 3. The van der Waals surface area contributed by atoms with Crippen LogP contribution in [0.25, 0.3) is 0 Å². The molecule has 1 rings (SSSR count). The van der Waals surface area contributed by atoms with Crippen LogP contribution < -0.4 is 0 Å². The summed E-state index contributed by atoms with van der Waals surface area (Å²) in [5.41, 5.74) is 0. The third-order valence-corrected chi connectivity index (χ3v) is 3.60. The van der Waals surface area contributed by atoms with Gasteiger partial charge in [0.2, 0.25) is 0 Å². The van der Waals surface area contributed by atoms with Gasteiger partial charge < -0.3 is 24.4 Å². The number of rotatable bonds is 6. The van der Waals surface area contributed by atoms with E-state index in [1.807, 2.05) is 0 Å². The number of carboxylic acid groups (broad SMARTS) is 1. The summed E-state index contributed by atoms with van der Waals surface area (Å²) < 4.78 is 15.5. The van der Waals surface area contributed by atoms with Crippen LogP contribution in [0, 0.1) is 11.8 Å². The van der Waals surface area contributed by atoms with Crippen molar-refractivity contribution in [1.82, 2.24) is 0 Å². The number of aliphatic hydroxyl groups is 1. The molecule has 0 saturated carbocycles. The lowest BCUT2D eigenvalue weighted by atomic mass is 9.84. The van der Waals surface area contributed by atoms with E-state index >= 15 is 0 Å². The summed E-state index contributed by atoms with van der Waals surface area (Å²) >= 11 is 0. The Morgan fingerprint density at radius 1 is 1.18 bits per heavy atom. The van der Waals surface area contributed by atoms with Gasteiger partial charge in [-0.05, 0) is 0 Å². The summed E-state index contributed by atoms with van der Waals surface area (Å²) in [7, 11) is 0. The van der Waals surface area contributed by atoms with E-state index in [0.717, 1.165) is 0 Å². The van der Waals surface area contributed by atoms with Crippen molar-refractivity contribution in [2.24, 2.45) is 11.8 Å². The Bertz CT molecular complexity index is 421. The van der Waals surface area contributed by atoms with E-state index in [4.69, 9.17) is 19.3 Å². The molecule has 126 valence electrons. The van der Waals surface area contributed by atoms with Crippen LogP contribution in [0.5, 0.6) is 0 Å². The maximum atomic E-state index is 11.6. The van der Waals surface area contributed by atoms with E-state index in [0.29, 0.717) is 0 Å². The molecule has 2 N–H and O–H groups in total. The van der Waals surface area contributed by atoms with E-state index in [1.165, 1.54) is 6.92 Å². The van der Waals surface area contributed by atoms with Crippen molar-refractivity contribution in [3.63, 3.8) is 0 Å². The standard InChI is InChI=1S/C14H22O8/c1-4-9(15)21-8-6-20-14(19)11(7(3)13(17)18)12(8)22-10(16)5-2/h7-8,11-12,14,19H,4-6H2,1-3H3,(H,17,18)/t7-,8-,11-,12-,14?/m1/s1. The van der Waals surface area contributed by atoms with Crippen molar-refractivity contribution >= 4 is 17.9 Å². The van der Waals surface area contributed by atoms with Crippen LogP contribution in [0.2, 0.25) is 0 Å². The van der Waals surface area contributed by atoms with Crippen LogP contribution in [-0.4, -0.2) is 53.2 Å². The number of aliphatic hydroxyl groups excluding tert-OH is 1. The highest BCUT2D eigenvalue weighted by Gasteiger charge is 2.48. The summed E-state index contributed by atoms with van der Waals surface area (Å²) in [6.07, 6.45) is -3.24. The minimum Gasteiger partial charge on any atom is -0.481 e. The maximum Gasteiger partial charge on any atom is 0.306 e. The van der Waals surface area contributed by atoms with Crippen molar-refractivity contribution in [3.8, 4) is 0 Å². The Kier molecular flexibility index (Phi) is 6.76. The molecule has 22 heavy (non-hydrogen) atoms. The molecule has 0 spiro atoms. The van der Waals surface area contributed by atoms with Crippen molar-refractivity contribution < 1.29 is 38.8 Å². The molecule has 1 heterocycles. The van der Waals surface area contributed by atoms with Gasteiger partial charge in [0.1, 0.15) is 6.10 Å². The van der Waals surface area contributed by atoms with E-state index < -0.39 is 48.2 Å². The highest BCUT2D eigenvalue weighted by atomic mass is 16.6. The Morgan fingerprint density at radius 3 is 2.23 bits per heavy atom. The van der Waals surface area contributed by atoms with Gasteiger partial charge in [0.25, 0.3) is 0 Å². The molecule has 1 fully saturated rings. The summed E-state index contributed by atoms with van der Waals surface area (Å²) in [6, 6.07) is 0. The minimum absolute atomic E-state index is 0.0794. The molecule has 0 amide bonds. The van der Waals surface area contributed by atoms with E-state index in [9.17, 15) is 19.5 Å². The highest BCUT2D eigenvalue weighted by Crippen LogP contribution is 2.31. The zero-order chi connectivity index (χ0) is 16.9. The average Bonchev–Trinajstić information content (AvgIpc) is 2.49. The molecule has 0 aromatic carbocycles. The molecule has 0 radical (unpaired) electrons. The Hall–Kier alpha value is -1.67. The zero-order valence-electron chi connectivity index (χ0n) is 12.9. The second kappa shape index (κ2) is 8.09. The second-order valence-corrected chi connectivity index (χ2v) is 5.12. The van der Waals surface area contributed by atoms with Gasteiger partial charge in [-0.3, -0.25) is 14.4 Å². The average molecular weight is 318 g/mol. The third kappa shape index (κ3) is 4.41. The number of carbonyl (C=O) groups excluding carboxylic acids is 2. The second-order valence-electron chi connectivity index (χ2n) is 5.12. The zero-order valence-corrected chi connectivity index (χ0v) is 12.9. The van der Waals surface area contributed by atoms with E-state index in [1.54, 1.807) is 13.8 Å². The number of ether oxygens (including phenoxy) is 3. The fourth-order valence-electron chi connectivity index (χ4n) is 2.25. The number of aliphatic carboxylic acids is 1. The monoisotopic (exact) mass is 318 g/mol. The first-order valence-electron chi connectivity index (χ1n) is 7.23. The normalized spacial score (nSPS) is 29.5. The van der Waals surface area contributed by atoms with Crippen LogP contribution in [0.4, 0.5) is 0 Å². The van der Waals surface area contributed by atoms with Gasteiger partial charge in [-0.2, -0.15) is 0 Å². The topological polar surface area (TPSA) is 119 Å². The molecule has 0 bridgehead atoms. The van der Waals surface area contributed by atoms with Gasteiger partial charge in [-0.25, -0.2) is 0 Å². The Balaban J connectivity index is 3.03. The summed E-state index contributed by atoms with van der Waals surface area (Å²) in [4.78, 5) is 34.3. The van der Waals surface area contributed by atoms with Crippen LogP contribution in [-0.2, 0) is 28.6 Å². The van der Waals surface area contributed by atoms with Crippen molar-refractivity contribution in [3.05, 3.63) is 0 Å². The Labute approximate surface area is 128 Å². The number of hydrogen-bond donors (Lipinski definition) is 2. The molecule has 0 aliphatic carbocycles. The third-order valence-electron chi connectivity index (χ3n) is 3.60. The molecular weight excluding hydrogens is 296 g/mol. The quantitative estimate of drug-likeness (QED) is 0.672. The van der Waals surface area contributed by atoms with E-state index in [2.05, 4.69) is 0 Å². The molecule has 0 aromatic heterocycles. The van der Waals surface area contributed by atoms with Gasteiger partial charge in [-0.15, -0.1) is 0 Å². The number of carboxylic acids is 1. The first-order chi connectivity index (χ1) is 10.3. The summed E-state index contributed by atoms with van der Waals surface area (Å²) in [5, 5.41) is 19.1. The van der Waals surface area contributed by atoms with Gasteiger partial charge in [0.05, 0.1) is 18.4 Å². The Morgan fingerprint density at radius 2 is 1.73 bits per heavy atom. The molecule has 1 unspecified atom stereocenters. The predicted octanol–water partition coefficient (Wildman–Crippen LogP) is 0.315. The first-order valence-corrected chi connectivity index (χ1v) is 7.23. The molecule has 8 nitrogen and oxygen atoms in total. The molecule has 1 aliphatic rings.